The van der Waals surface area contributed by atoms with Crippen LogP contribution in [-0.2, 0) is 21.4 Å². The minimum Gasteiger partial charge on any atom is -0.326 e. The van der Waals surface area contributed by atoms with Crippen LogP contribution in [0.15, 0.2) is 24.3 Å². The molecule has 1 aromatic rings. The summed E-state index contributed by atoms with van der Waals surface area (Å²) in [4.78, 5) is 12.0. The first-order valence-electron chi connectivity index (χ1n) is 8.58. The van der Waals surface area contributed by atoms with Crippen molar-refractivity contribution in [1.82, 2.24) is 9.62 Å². The molecule has 0 bridgehead atoms. The van der Waals surface area contributed by atoms with Crippen molar-refractivity contribution in [1.29, 1.82) is 0 Å². The van der Waals surface area contributed by atoms with E-state index in [0.717, 1.165) is 37.2 Å². The van der Waals surface area contributed by atoms with Gasteiger partial charge in [0, 0.05) is 31.7 Å². The van der Waals surface area contributed by atoms with Gasteiger partial charge in [0.15, 0.2) is 0 Å². The minimum atomic E-state index is -3.20. The topological polar surface area (TPSA) is 78.5 Å². The number of anilines is 1. The fourth-order valence-corrected chi connectivity index (χ4v) is 4.34. The monoisotopic (exact) mass is 389 g/mol. The molecule has 2 N–H and O–H groups in total. The highest BCUT2D eigenvalue weighted by Gasteiger charge is 2.24. The van der Waals surface area contributed by atoms with E-state index in [4.69, 9.17) is 0 Å². The standard InChI is InChI=1S/C17H27N3O3S.ClH/c1-2-18-14-15-7-5-8-16(13-15)19-17(21)9-6-12-24(22,23)20-10-3-4-11-20;/h5,7-8,13,18H,2-4,6,9-12,14H2,1H3,(H,19,21);1H. The fourth-order valence-electron chi connectivity index (χ4n) is 2.76. The zero-order valence-electron chi connectivity index (χ0n) is 14.7. The van der Waals surface area contributed by atoms with E-state index in [9.17, 15) is 13.2 Å². The molecule has 1 aliphatic rings. The molecule has 1 aromatic carbocycles. The fraction of sp³-hybridized carbons (Fsp3) is 0.588. The second-order valence-electron chi connectivity index (χ2n) is 6.05. The lowest BCUT2D eigenvalue weighted by atomic mass is 10.2. The number of hydrogen-bond donors (Lipinski definition) is 2. The molecule has 142 valence electrons. The van der Waals surface area contributed by atoms with Crippen molar-refractivity contribution in [2.24, 2.45) is 0 Å². The third-order valence-electron chi connectivity index (χ3n) is 4.05. The second kappa shape index (κ2) is 10.8. The summed E-state index contributed by atoms with van der Waals surface area (Å²) in [6.45, 7) is 4.93. The van der Waals surface area contributed by atoms with Gasteiger partial charge in [0.25, 0.3) is 0 Å². The molecule has 0 spiro atoms. The van der Waals surface area contributed by atoms with E-state index < -0.39 is 10.0 Å². The lowest BCUT2D eigenvalue weighted by Gasteiger charge is -2.15. The van der Waals surface area contributed by atoms with E-state index in [1.165, 1.54) is 4.31 Å². The summed E-state index contributed by atoms with van der Waals surface area (Å²) in [5.74, 6) is -0.104. The largest absolute Gasteiger partial charge is 0.326 e. The maximum Gasteiger partial charge on any atom is 0.224 e. The average Bonchev–Trinajstić information content (AvgIpc) is 3.08. The molecule has 0 radical (unpaired) electrons. The zero-order chi connectivity index (χ0) is 17.4. The van der Waals surface area contributed by atoms with Crippen molar-refractivity contribution in [3.8, 4) is 0 Å². The molecular formula is C17H28ClN3O3S. The smallest absolute Gasteiger partial charge is 0.224 e. The molecule has 1 heterocycles. The van der Waals surface area contributed by atoms with Gasteiger partial charge in [0.2, 0.25) is 15.9 Å². The molecule has 1 aliphatic heterocycles. The molecule has 1 saturated heterocycles. The van der Waals surface area contributed by atoms with Crippen molar-refractivity contribution in [2.75, 3.05) is 30.7 Å². The number of benzene rings is 1. The van der Waals surface area contributed by atoms with Crippen molar-refractivity contribution in [3.63, 3.8) is 0 Å². The van der Waals surface area contributed by atoms with Gasteiger partial charge in [0.05, 0.1) is 5.75 Å². The number of nitrogens with zero attached hydrogens (tertiary/aromatic N) is 1. The summed E-state index contributed by atoms with van der Waals surface area (Å²) in [7, 11) is -3.20. The molecule has 6 nitrogen and oxygen atoms in total. The van der Waals surface area contributed by atoms with Gasteiger partial charge >= 0.3 is 0 Å². The number of rotatable bonds is 9. The quantitative estimate of drug-likeness (QED) is 0.679. The van der Waals surface area contributed by atoms with E-state index in [1.807, 2.05) is 31.2 Å². The van der Waals surface area contributed by atoms with Crippen molar-refractivity contribution >= 4 is 34.0 Å². The Bertz CT molecular complexity index is 646. The zero-order valence-corrected chi connectivity index (χ0v) is 16.3. The number of carbonyl (C=O) groups is 1. The summed E-state index contributed by atoms with van der Waals surface area (Å²) in [6, 6.07) is 7.68. The van der Waals surface area contributed by atoms with Crippen LogP contribution < -0.4 is 10.6 Å². The lowest BCUT2D eigenvalue weighted by molar-refractivity contribution is -0.116. The van der Waals surface area contributed by atoms with Crippen molar-refractivity contribution in [3.05, 3.63) is 29.8 Å². The van der Waals surface area contributed by atoms with Crippen LogP contribution in [0, 0.1) is 0 Å². The first-order chi connectivity index (χ1) is 11.5. The van der Waals surface area contributed by atoms with E-state index in [2.05, 4.69) is 10.6 Å². The van der Waals surface area contributed by atoms with Gasteiger partial charge in [-0.2, -0.15) is 0 Å². The molecule has 25 heavy (non-hydrogen) atoms. The lowest BCUT2D eigenvalue weighted by Crippen LogP contribution is -2.30. The van der Waals surface area contributed by atoms with Crippen LogP contribution in [0.5, 0.6) is 0 Å². The molecular weight excluding hydrogens is 362 g/mol. The van der Waals surface area contributed by atoms with Gasteiger partial charge in [-0.15, -0.1) is 12.4 Å². The summed E-state index contributed by atoms with van der Waals surface area (Å²) in [5.41, 5.74) is 1.85. The Morgan fingerprint density at radius 3 is 2.64 bits per heavy atom. The Kier molecular flexibility index (Phi) is 9.42. The first kappa shape index (κ1) is 21.9. The molecule has 1 fully saturated rings. The summed E-state index contributed by atoms with van der Waals surface area (Å²) < 4.78 is 25.7. The van der Waals surface area contributed by atoms with Crippen LogP contribution in [-0.4, -0.2) is 44.0 Å². The molecule has 0 unspecified atom stereocenters. The van der Waals surface area contributed by atoms with Crippen LogP contribution in [0.3, 0.4) is 0 Å². The molecule has 0 saturated carbocycles. The molecule has 2 rings (SSSR count). The summed E-state index contributed by atoms with van der Waals surface area (Å²) in [5, 5.41) is 6.08. The first-order valence-corrected chi connectivity index (χ1v) is 10.2. The number of sulfonamides is 1. The third kappa shape index (κ3) is 7.32. The normalized spacial score (nSPS) is 14.9. The predicted molar refractivity (Wildman–Crippen MR) is 104 cm³/mol. The predicted octanol–water partition coefficient (Wildman–Crippen LogP) is 2.36. The average molecular weight is 390 g/mol. The molecule has 0 atom stereocenters. The molecule has 1 amide bonds. The number of amides is 1. The SMILES string of the molecule is CCNCc1cccc(NC(=O)CCCS(=O)(=O)N2CCCC2)c1.Cl. The summed E-state index contributed by atoms with van der Waals surface area (Å²) in [6.07, 6.45) is 2.43. The Hall–Kier alpha value is -1.15. The van der Waals surface area contributed by atoms with Crippen LogP contribution in [0.1, 0.15) is 38.2 Å². The molecule has 0 aliphatic carbocycles. The Labute approximate surface area is 156 Å². The Balaban J connectivity index is 0.00000312. The van der Waals surface area contributed by atoms with Crippen LogP contribution in [0.2, 0.25) is 0 Å². The van der Waals surface area contributed by atoms with E-state index in [1.54, 1.807) is 0 Å². The van der Waals surface area contributed by atoms with E-state index >= 15 is 0 Å². The second-order valence-corrected chi connectivity index (χ2v) is 8.14. The van der Waals surface area contributed by atoms with E-state index in [-0.39, 0.29) is 30.5 Å². The maximum absolute atomic E-state index is 12.1. The van der Waals surface area contributed by atoms with Gasteiger partial charge in [-0.1, -0.05) is 19.1 Å². The van der Waals surface area contributed by atoms with Gasteiger partial charge in [0.1, 0.15) is 0 Å². The van der Waals surface area contributed by atoms with Crippen LogP contribution in [0.4, 0.5) is 5.69 Å². The van der Waals surface area contributed by atoms with Gasteiger partial charge in [-0.05, 0) is 43.5 Å². The maximum atomic E-state index is 12.1. The van der Waals surface area contributed by atoms with Crippen LogP contribution in [0.25, 0.3) is 0 Å². The Morgan fingerprint density at radius 2 is 1.96 bits per heavy atom. The number of nitrogens with one attached hydrogen (secondary N) is 2. The van der Waals surface area contributed by atoms with Crippen molar-refractivity contribution < 1.29 is 13.2 Å². The van der Waals surface area contributed by atoms with E-state index in [0.29, 0.717) is 19.5 Å². The molecule has 0 aromatic heterocycles. The number of carbonyl (C=O) groups excluding carboxylic acids is 1. The number of halogens is 1. The highest BCUT2D eigenvalue weighted by molar-refractivity contribution is 7.89. The van der Waals surface area contributed by atoms with Gasteiger partial charge < -0.3 is 10.6 Å². The summed E-state index contributed by atoms with van der Waals surface area (Å²) >= 11 is 0. The van der Waals surface area contributed by atoms with Gasteiger partial charge in [-0.3, -0.25) is 4.79 Å². The third-order valence-corrected chi connectivity index (χ3v) is 6.01. The number of hydrogen-bond acceptors (Lipinski definition) is 4. The highest BCUT2D eigenvalue weighted by atomic mass is 35.5. The van der Waals surface area contributed by atoms with Crippen molar-refractivity contribution in [2.45, 2.75) is 39.2 Å². The van der Waals surface area contributed by atoms with Gasteiger partial charge in [-0.25, -0.2) is 12.7 Å². The molecule has 8 heteroatoms. The minimum absolute atomic E-state index is 0. The highest BCUT2D eigenvalue weighted by Crippen LogP contribution is 2.15. The van der Waals surface area contributed by atoms with Crippen LogP contribution >= 0.6 is 12.4 Å². The Morgan fingerprint density at radius 1 is 1.24 bits per heavy atom.